The van der Waals surface area contributed by atoms with Crippen LogP contribution in [0.25, 0.3) is 0 Å². The van der Waals surface area contributed by atoms with Crippen molar-refractivity contribution in [2.24, 2.45) is 5.41 Å². The van der Waals surface area contributed by atoms with Crippen LogP contribution in [0.4, 0.5) is 4.79 Å². The van der Waals surface area contributed by atoms with Crippen LogP contribution >= 0.6 is 0 Å². The summed E-state index contributed by atoms with van der Waals surface area (Å²) in [4.78, 5) is 39.5. The van der Waals surface area contributed by atoms with E-state index in [0.717, 1.165) is 10.5 Å². The summed E-state index contributed by atoms with van der Waals surface area (Å²) in [5.74, 6) is -0.244. The third-order valence-corrected chi connectivity index (χ3v) is 6.08. The molecule has 2 aromatic rings. The molecule has 182 valence electrons. The number of β-lactam (4-membered cyclic amide) rings is 1. The van der Waals surface area contributed by atoms with E-state index in [9.17, 15) is 14.4 Å². The van der Waals surface area contributed by atoms with Crippen LogP contribution in [-0.2, 0) is 9.53 Å². The van der Waals surface area contributed by atoms with E-state index in [2.05, 4.69) is 5.32 Å². The highest BCUT2D eigenvalue weighted by molar-refractivity contribution is 6.03. The molecule has 1 aliphatic rings. The van der Waals surface area contributed by atoms with Crippen LogP contribution in [-0.4, -0.2) is 34.6 Å². The molecule has 0 unspecified atom stereocenters. The fraction of sp³-hybridized carbons (Fsp3) is 0.444. The average molecular weight is 467 g/mol. The van der Waals surface area contributed by atoms with Crippen molar-refractivity contribution in [3.05, 3.63) is 65.7 Å². The summed E-state index contributed by atoms with van der Waals surface area (Å²) < 4.78 is 11.5. The summed E-state index contributed by atoms with van der Waals surface area (Å²) in [5, 5.41) is 2.96. The number of benzene rings is 2. The summed E-state index contributed by atoms with van der Waals surface area (Å²) in [6.45, 7) is 11.1. The molecule has 0 spiro atoms. The van der Waals surface area contributed by atoms with Gasteiger partial charge in [-0.2, -0.15) is 0 Å². The fourth-order valence-corrected chi connectivity index (χ4v) is 3.87. The van der Waals surface area contributed by atoms with E-state index in [1.807, 2.05) is 65.0 Å². The monoisotopic (exact) mass is 466 g/mol. The molecule has 0 aliphatic carbocycles. The van der Waals surface area contributed by atoms with Crippen molar-refractivity contribution in [3.63, 3.8) is 0 Å². The zero-order chi connectivity index (χ0) is 25.1. The van der Waals surface area contributed by atoms with Crippen LogP contribution < -0.4 is 10.1 Å². The van der Waals surface area contributed by atoms with Gasteiger partial charge in [0.15, 0.2) is 6.23 Å². The molecule has 7 heteroatoms. The molecule has 1 N–H and O–H groups in total. The van der Waals surface area contributed by atoms with Gasteiger partial charge in [-0.15, -0.1) is 0 Å². The first kappa shape index (κ1) is 25.3. The normalized spacial score (nSPS) is 20.8. The smallest absolute Gasteiger partial charge is 0.338 e. The predicted molar refractivity (Wildman–Crippen MR) is 129 cm³/mol. The summed E-state index contributed by atoms with van der Waals surface area (Å²) in [5.41, 5.74) is -0.0469. The molecule has 34 heavy (non-hydrogen) atoms. The lowest BCUT2D eigenvalue weighted by Gasteiger charge is -2.51. The molecule has 0 radical (unpaired) electrons. The van der Waals surface area contributed by atoms with Crippen molar-refractivity contribution in [2.75, 3.05) is 0 Å². The number of carbonyl (C=O) groups excluding carboxylic acids is 3. The Balaban J connectivity index is 1.75. The molecule has 3 amide bonds. The van der Waals surface area contributed by atoms with Gasteiger partial charge >= 0.3 is 12.0 Å². The summed E-state index contributed by atoms with van der Waals surface area (Å²) in [7, 11) is 0. The minimum Gasteiger partial charge on any atom is -0.469 e. The fourth-order valence-electron chi connectivity index (χ4n) is 3.87. The van der Waals surface area contributed by atoms with E-state index < -0.39 is 29.2 Å². The SMILES string of the molecule is CC[C@@H](NC(=O)N1C(=O)[C@](C)(CC)[C@@H]1Oc1ccc(C(=O)OC(C)(C)C)cc1)c1ccccc1. The van der Waals surface area contributed by atoms with Gasteiger partial charge in [-0.25, -0.2) is 14.5 Å². The molecule has 0 aromatic heterocycles. The maximum absolute atomic E-state index is 13.1. The standard InChI is InChI=1S/C27H34N2O5/c1-7-21(18-12-10-9-11-13-18)28-25(32)29-23(31)27(6,8-2)24(29)33-20-16-14-19(15-17-20)22(30)34-26(3,4)5/h9-17,21,24H,7-8H2,1-6H3,(H,28,32)/t21-,24+,27+/m1/s1. The number of nitrogens with zero attached hydrogens (tertiary/aromatic N) is 1. The van der Waals surface area contributed by atoms with Crippen molar-refractivity contribution < 1.29 is 23.9 Å². The molecule has 1 fully saturated rings. The second kappa shape index (κ2) is 9.87. The highest BCUT2D eigenvalue weighted by atomic mass is 16.6. The van der Waals surface area contributed by atoms with Gasteiger partial charge in [-0.05, 0) is 70.4 Å². The molecule has 7 nitrogen and oxygen atoms in total. The Bertz CT molecular complexity index is 1030. The molecule has 3 rings (SSSR count). The van der Waals surface area contributed by atoms with Gasteiger partial charge < -0.3 is 14.8 Å². The Morgan fingerprint density at radius 1 is 1.06 bits per heavy atom. The van der Waals surface area contributed by atoms with E-state index in [1.54, 1.807) is 31.2 Å². The van der Waals surface area contributed by atoms with E-state index in [4.69, 9.17) is 9.47 Å². The number of esters is 1. The number of imide groups is 1. The van der Waals surface area contributed by atoms with Gasteiger partial charge in [0.05, 0.1) is 11.6 Å². The Morgan fingerprint density at radius 3 is 2.21 bits per heavy atom. The third-order valence-electron chi connectivity index (χ3n) is 6.08. The predicted octanol–water partition coefficient (Wildman–Crippen LogP) is 5.47. The second-order valence-electron chi connectivity index (χ2n) is 9.76. The lowest BCUT2D eigenvalue weighted by atomic mass is 9.76. The van der Waals surface area contributed by atoms with Crippen LogP contribution in [0, 0.1) is 5.41 Å². The Labute approximate surface area is 201 Å². The van der Waals surface area contributed by atoms with E-state index >= 15 is 0 Å². The van der Waals surface area contributed by atoms with Gasteiger partial charge in [0.1, 0.15) is 16.8 Å². The zero-order valence-electron chi connectivity index (χ0n) is 20.8. The van der Waals surface area contributed by atoms with Crippen molar-refractivity contribution in [1.29, 1.82) is 0 Å². The van der Waals surface area contributed by atoms with Crippen LogP contribution in [0.15, 0.2) is 54.6 Å². The number of rotatable bonds is 7. The van der Waals surface area contributed by atoms with Crippen LogP contribution in [0.1, 0.15) is 76.3 Å². The minimum atomic E-state index is -0.824. The molecular formula is C27H34N2O5. The van der Waals surface area contributed by atoms with Crippen molar-refractivity contribution in [1.82, 2.24) is 10.2 Å². The van der Waals surface area contributed by atoms with Crippen molar-refractivity contribution in [3.8, 4) is 5.75 Å². The summed E-state index contributed by atoms with van der Waals surface area (Å²) in [6, 6.07) is 15.5. The van der Waals surface area contributed by atoms with Crippen LogP contribution in [0.5, 0.6) is 5.75 Å². The van der Waals surface area contributed by atoms with Crippen LogP contribution in [0.2, 0.25) is 0 Å². The van der Waals surface area contributed by atoms with Crippen molar-refractivity contribution in [2.45, 2.75) is 72.3 Å². The number of ether oxygens (including phenoxy) is 2. The number of carbonyl (C=O) groups is 3. The Kier molecular flexibility index (Phi) is 7.34. The largest absolute Gasteiger partial charge is 0.469 e. The topological polar surface area (TPSA) is 84.9 Å². The molecule has 2 aromatic carbocycles. The second-order valence-corrected chi connectivity index (χ2v) is 9.76. The minimum absolute atomic E-state index is 0.219. The highest BCUT2D eigenvalue weighted by Gasteiger charge is 2.61. The first-order chi connectivity index (χ1) is 16.0. The molecule has 0 bridgehead atoms. The molecular weight excluding hydrogens is 432 g/mol. The first-order valence-electron chi connectivity index (χ1n) is 11.7. The summed E-state index contributed by atoms with van der Waals surface area (Å²) >= 11 is 0. The molecule has 1 aliphatic heterocycles. The quantitative estimate of drug-likeness (QED) is 0.432. The lowest BCUT2D eigenvalue weighted by Crippen LogP contribution is -2.72. The summed E-state index contributed by atoms with van der Waals surface area (Å²) in [6.07, 6.45) is 0.442. The number of amides is 3. The molecule has 1 heterocycles. The molecule has 1 saturated heterocycles. The Morgan fingerprint density at radius 2 is 1.68 bits per heavy atom. The average Bonchev–Trinajstić information content (AvgIpc) is 2.81. The maximum atomic E-state index is 13.1. The van der Waals surface area contributed by atoms with Gasteiger partial charge in [0, 0.05) is 0 Å². The van der Waals surface area contributed by atoms with Gasteiger partial charge in [0.25, 0.3) is 0 Å². The Hall–Kier alpha value is -3.35. The van der Waals surface area contributed by atoms with Gasteiger partial charge in [-0.1, -0.05) is 44.2 Å². The van der Waals surface area contributed by atoms with E-state index in [-0.39, 0.29) is 11.9 Å². The zero-order valence-corrected chi connectivity index (χ0v) is 20.8. The van der Waals surface area contributed by atoms with E-state index in [1.165, 1.54) is 0 Å². The maximum Gasteiger partial charge on any atom is 0.338 e. The van der Waals surface area contributed by atoms with Gasteiger partial charge in [-0.3, -0.25) is 4.79 Å². The number of nitrogens with one attached hydrogen (secondary N) is 1. The molecule has 3 atom stereocenters. The molecule has 0 saturated carbocycles. The van der Waals surface area contributed by atoms with Crippen molar-refractivity contribution >= 4 is 17.9 Å². The van der Waals surface area contributed by atoms with Crippen LogP contribution in [0.3, 0.4) is 0 Å². The number of urea groups is 1. The number of hydrogen-bond donors (Lipinski definition) is 1. The first-order valence-corrected chi connectivity index (χ1v) is 11.7. The number of hydrogen-bond acceptors (Lipinski definition) is 5. The highest BCUT2D eigenvalue weighted by Crippen LogP contribution is 2.43. The number of likely N-dealkylation sites (tertiary alicyclic amines) is 1. The van der Waals surface area contributed by atoms with E-state index in [0.29, 0.717) is 24.2 Å². The lowest BCUT2D eigenvalue weighted by molar-refractivity contribution is -0.186. The van der Waals surface area contributed by atoms with Gasteiger partial charge in [0.2, 0.25) is 5.91 Å². The third kappa shape index (κ3) is 5.24.